The van der Waals surface area contributed by atoms with Crippen molar-refractivity contribution in [2.75, 3.05) is 20.3 Å². The zero-order valence-electron chi connectivity index (χ0n) is 16.8. The van der Waals surface area contributed by atoms with E-state index in [2.05, 4.69) is 16.0 Å². The van der Waals surface area contributed by atoms with Crippen molar-refractivity contribution >= 4 is 23.6 Å². The summed E-state index contributed by atoms with van der Waals surface area (Å²) in [5.41, 5.74) is 2.63. The third-order valence-corrected chi connectivity index (χ3v) is 4.89. The molecule has 1 aliphatic heterocycles. The Bertz CT molecular complexity index is 926. The first-order valence-electron chi connectivity index (χ1n) is 9.58. The van der Waals surface area contributed by atoms with Crippen LogP contribution in [0.2, 0.25) is 5.02 Å². The van der Waals surface area contributed by atoms with Gasteiger partial charge in [0.25, 0.3) is 0 Å². The van der Waals surface area contributed by atoms with Gasteiger partial charge >= 0.3 is 12.0 Å². The SMILES string of the molecule is CCOC(=O)C1=C(CNCc2ccc(Cl)cc2)NC(=O)N[C@@H]1c1ccc(OC)cc1. The number of carbonyl (C=O) groups is 2. The fraction of sp³-hybridized carbons (Fsp3) is 0.273. The van der Waals surface area contributed by atoms with Crippen molar-refractivity contribution in [2.45, 2.75) is 19.5 Å². The largest absolute Gasteiger partial charge is 0.497 e. The Labute approximate surface area is 180 Å². The van der Waals surface area contributed by atoms with Crippen LogP contribution in [0.1, 0.15) is 24.1 Å². The Morgan fingerprint density at radius 2 is 1.80 bits per heavy atom. The predicted molar refractivity (Wildman–Crippen MR) is 114 cm³/mol. The average Bonchev–Trinajstić information content (AvgIpc) is 2.75. The molecule has 1 heterocycles. The van der Waals surface area contributed by atoms with Gasteiger partial charge in [0, 0.05) is 23.8 Å². The van der Waals surface area contributed by atoms with Crippen molar-refractivity contribution in [3.63, 3.8) is 0 Å². The second-order valence-corrected chi connectivity index (χ2v) is 7.08. The van der Waals surface area contributed by atoms with E-state index in [1.807, 2.05) is 36.4 Å². The molecule has 0 aliphatic carbocycles. The Hall–Kier alpha value is -3.03. The normalized spacial score (nSPS) is 16.0. The van der Waals surface area contributed by atoms with Crippen LogP contribution in [-0.4, -0.2) is 32.3 Å². The van der Waals surface area contributed by atoms with Crippen LogP contribution in [0.3, 0.4) is 0 Å². The summed E-state index contributed by atoms with van der Waals surface area (Å²) in [5.74, 6) is 0.208. The van der Waals surface area contributed by atoms with Crippen LogP contribution in [0, 0.1) is 0 Å². The van der Waals surface area contributed by atoms with Crippen molar-refractivity contribution in [1.29, 1.82) is 0 Å². The van der Waals surface area contributed by atoms with Crippen LogP contribution >= 0.6 is 11.6 Å². The quantitative estimate of drug-likeness (QED) is 0.560. The molecule has 0 spiro atoms. The van der Waals surface area contributed by atoms with Gasteiger partial charge in [-0.05, 0) is 42.3 Å². The van der Waals surface area contributed by atoms with Crippen molar-refractivity contribution in [3.05, 3.63) is 76.0 Å². The molecule has 2 aromatic rings. The Morgan fingerprint density at radius 1 is 1.10 bits per heavy atom. The summed E-state index contributed by atoms with van der Waals surface area (Å²) >= 11 is 5.92. The highest BCUT2D eigenvalue weighted by Crippen LogP contribution is 2.29. The van der Waals surface area contributed by atoms with Gasteiger partial charge in [0.2, 0.25) is 0 Å². The number of nitrogens with one attached hydrogen (secondary N) is 3. The third kappa shape index (κ3) is 5.31. The number of hydrogen-bond acceptors (Lipinski definition) is 5. The minimum absolute atomic E-state index is 0.233. The zero-order chi connectivity index (χ0) is 21.5. The number of amides is 2. The predicted octanol–water partition coefficient (Wildman–Crippen LogP) is 3.31. The van der Waals surface area contributed by atoms with E-state index in [9.17, 15) is 9.59 Å². The van der Waals surface area contributed by atoms with Gasteiger partial charge in [-0.1, -0.05) is 35.9 Å². The van der Waals surface area contributed by atoms with Gasteiger partial charge < -0.3 is 25.4 Å². The van der Waals surface area contributed by atoms with Crippen LogP contribution in [0.15, 0.2) is 59.8 Å². The minimum atomic E-state index is -0.629. The highest BCUT2D eigenvalue weighted by Gasteiger charge is 2.33. The molecule has 30 heavy (non-hydrogen) atoms. The van der Waals surface area contributed by atoms with Gasteiger partial charge in [-0.3, -0.25) is 0 Å². The summed E-state index contributed by atoms with van der Waals surface area (Å²) < 4.78 is 10.5. The number of rotatable bonds is 8. The number of urea groups is 1. The van der Waals surface area contributed by atoms with Crippen molar-refractivity contribution in [2.24, 2.45) is 0 Å². The third-order valence-electron chi connectivity index (χ3n) is 4.64. The zero-order valence-corrected chi connectivity index (χ0v) is 17.6. The first-order valence-corrected chi connectivity index (χ1v) is 9.96. The lowest BCUT2D eigenvalue weighted by atomic mass is 9.95. The number of carbonyl (C=O) groups excluding carboxylic acids is 2. The molecule has 8 heteroatoms. The number of halogens is 1. The summed E-state index contributed by atoms with van der Waals surface area (Å²) in [6, 6.07) is 13.6. The first-order chi connectivity index (χ1) is 14.5. The monoisotopic (exact) mass is 429 g/mol. The molecule has 0 unspecified atom stereocenters. The number of esters is 1. The average molecular weight is 430 g/mol. The second-order valence-electron chi connectivity index (χ2n) is 6.65. The molecule has 0 saturated heterocycles. The maximum Gasteiger partial charge on any atom is 0.338 e. The van der Waals surface area contributed by atoms with E-state index in [0.717, 1.165) is 11.1 Å². The molecule has 158 valence electrons. The molecule has 2 amide bonds. The van der Waals surface area contributed by atoms with Gasteiger partial charge in [-0.2, -0.15) is 0 Å². The Kier molecular flexibility index (Phi) is 7.32. The molecule has 1 aliphatic rings. The smallest absolute Gasteiger partial charge is 0.338 e. The lowest BCUT2D eigenvalue weighted by Crippen LogP contribution is -2.48. The highest BCUT2D eigenvalue weighted by molar-refractivity contribution is 6.30. The van der Waals surface area contributed by atoms with Crippen molar-refractivity contribution in [1.82, 2.24) is 16.0 Å². The molecule has 3 N–H and O–H groups in total. The molecule has 0 bridgehead atoms. The van der Waals surface area contributed by atoms with E-state index in [-0.39, 0.29) is 19.2 Å². The molecule has 3 rings (SSSR count). The minimum Gasteiger partial charge on any atom is -0.497 e. The molecule has 0 saturated carbocycles. The van der Waals surface area contributed by atoms with Gasteiger partial charge in [0.1, 0.15) is 5.75 Å². The highest BCUT2D eigenvalue weighted by atomic mass is 35.5. The van der Waals surface area contributed by atoms with Crippen LogP contribution in [-0.2, 0) is 16.1 Å². The summed E-state index contributed by atoms with van der Waals surface area (Å²) in [7, 11) is 1.58. The molecule has 0 radical (unpaired) electrons. The first kappa shape index (κ1) is 21.7. The molecule has 0 aromatic heterocycles. The molecular formula is C22H24ClN3O4. The van der Waals surface area contributed by atoms with Crippen LogP contribution in [0.25, 0.3) is 0 Å². The van der Waals surface area contributed by atoms with Gasteiger partial charge in [0.15, 0.2) is 0 Å². The molecule has 1 atom stereocenters. The number of ether oxygens (including phenoxy) is 2. The number of methoxy groups -OCH3 is 1. The molecule has 2 aromatic carbocycles. The summed E-state index contributed by atoms with van der Waals surface area (Å²) in [6.45, 7) is 2.81. The van der Waals surface area contributed by atoms with E-state index in [1.165, 1.54) is 0 Å². The summed E-state index contributed by atoms with van der Waals surface area (Å²) in [6.07, 6.45) is 0. The van der Waals surface area contributed by atoms with Gasteiger partial charge in [0.05, 0.1) is 25.3 Å². The van der Waals surface area contributed by atoms with E-state index in [0.29, 0.717) is 28.6 Å². The maximum atomic E-state index is 12.8. The van der Waals surface area contributed by atoms with E-state index in [4.69, 9.17) is 21.1 Å². The van der Waals surface area contributed by atoms with E-state index >= 15 is 0 Å². The number of benzene rings is 2. The fourth-order valence-corrected chi connectivity index (χ4v) is 3.31. The summed E-state index contributed by atoms with van der Waals surface area (Å²) in [4.78, 5) is 25.1. The van der Waals surface area contributed by atoms with Crippen LogP contribution < -0.4 is 20.7 Å². The van der Waals surface area contributed by atoms with Gasteiger partial charge in [-0.25, -0.2) is 9.59 Å². The fourth-order valence-electron chi connectivity index (χ4n) is 3.19. The Morgan fingerprint density at radius 3 is 2.43 bits per heavy atom. The van der Waals surface area contributed by atoms with E-state index in [1.54, 1.807) is 26.2 Å². The lowest BCUT2D eigenvalue weighted by Gasteiger charge is -2.29. The second kappa shape index (κ2) is 10.1. The van der Waals surface area contributed by atoms with Crippen LogP contribution in [0.5, 0.6) is 5.75 Å². The van der Waals surface area contributed by atoms with Gasteiger partial charge in [-0.15, -0.1) is 0 Å². The summed E-state index contributed by atoms with van der Waals surface area (Å²) in [5, 5.41) is 9.48. The lowest BCUT2D eigenvalue weighted by molar-refractivity contribution is -0.139. The Balaban J connectivity index is 1.86. The topological polar surface area (TPSA) is 88.7 Å². The standard InChI is InChI=1S/C22H24ClN3O4/c1-3-30-21(27)19-18(13-24-12-14-4-8-16(23)9-5-14)25-22(28)26-20(19)15-6-10-17(29-2)11-7-15/h4-11,20,24H,3,12-13H2,1-2H3,(H2,25,26,28)/t20-/m1/s1. The van der Waals surface area contributed by atoms with Crippen molar-refractivity contribution < 1.29 is 19.1 Å². The van der Waals surface area contributed by atoms with Crippen molar-refractivity contribution in [3.8, 4) is 5.75 Å². The maximum absolute atomic E-state index is 12.8. The van der Waals surface area contributed by atoms with E-state index < -0.39 is 12.0 Å². The molecular weight excluding hydrogens is 406 g/mol. The number of hydrogen-bond donors (Lipinski definition) is 3. The van der Waals surface area contributed by atoms with Crippen LogP contribution in [0.4, 0.5) is 4.79 Å². The molecule has 0 fully saturated rings. The molecule has 7 nitrogen and oxygen atoms in total.